The predicted molar refractivity (Wildman–Crippen MR) is 177 cm³/mol. The molecule has 44 heavy (non-hydrogen) atoms. The minimum absolute atomic E-state index is 0.104. The van der Waals surface area contributed by atoms with E-state index in [9.17, 15) is 20.4 Å². The molecule has 3 aliphatic carbocycles. The molecule has 3 aromatic carbocycles. The Bertz CT molecular complexity index is 1450. The Morgan fingerprint density at radius 2 is 0.955 bits per heavy atom. The molecule has 0 aliphatic heterocycles. The number of aromatic hydroxyl groups is 3. The molecule has 0 radical (unpaired) electrons. The fourth-order valence-corrected chi connectivity index (χ4v) is 8.95. The van der Waals surface area contributed by atoms with E-state index < -0.39 is 5.60 Å². The first-order valence-corrected chi connectivity index (χ1v) is 16.4. The normalized spacial score (nSPS) is 27.5. The molecule has 4 heteroatoms. The van der Waals surface area contributed by atoms with Crippen molar-refractivity contribution in [3.05, 3.63) is 113 Å². The van der Waals surface area contributed by atoms with E-state index in [0.29, 0.717) is 24.0 Å². The van der Waals surface area contributed by atoms with Crippen LogP contribution < -0.4 is 0 Å². The quantitative estimate of drug-likeness (QED) is 0.230. The van der Waals surface area contributed by atoms with E-state index in [1.54, 1.807) is 24.3 Å². The van der Waals surface area contributed by atoms with Gasteiger partial charge < -0.3 is 20.4 Å². The van der Waals surface area contributed by atoms with Crippen LogP contribution in [0.4, 0.5) is 0 Å². The van der Waals surface area contributed by atoms with Crippen molar-refractivity contribution in [1.82, 2.24) is 0 Å². The van der Waals surface area contributed by atoms with E-state index in [1.165, 1.54) is 22.3 Å². The number of phenols is 3. The standard InChI is InChI=1S/C40H48O4/c1-37(2,28-18-24-39(25-19-28,30-4-10-34(41)11-5-30)31-6-12-35(42)13-7-31)29-20-26-40(27-21-29,32-8-14-36(43)15-9-32)33-16-22-38(3,44)23-17-33/h4-17,22,28-29,41-44H,18-21,23-27H2,1-3H3. The molecule has 6 rings (SSSR count). The third-order valence-electron chi connectivity index (χ3n) is 12.0. The van der Waals surface area contributed by atoms with Crippen molar-refractivity contribution < 1.29 is 20.4 Å². The van der Waals surface area contributed by atoms with Crippen LogP contribution in [-0.2, 0) is 10.8 Å². The van der Waals surface area contributed by atoms with Gasteiger partial charge in [-0.25, -0.2) is 0 Å². The highest BCUT2D eigenvalue weighted by atomic mass is 16.3. The Morgan fingerprint density at radius 1 is 0.591 bits per heavy atom. The van der Waals surface area contributed by atoms with E-state index in [2.05, 4.69) is 62.4 Å². The van der Waals surface area contributed by atoms with Crippen molar-refractivity contribution in [2.24, 2.45) is 17.3 Å². The number of allylic oxidation sites excluding steroid dienone is 2. The lowest BCUT2D eigenvalue weighted by Gasteiger charge is -2.52. The molecule has 2 saturated carbocycles. The van der Waals surface area contributed by atoms with Crippen LogP contribution in [-0.4, -0.2) is 26.0 Å². The molecular weight excluding hydrogens is 544 g/mol. The molecule has 2 fully saturated rings. The second kappa shape index (κ2) is 11.5. The Kier molecular flexibility index (Phi) is 7.94. The van der Waals surface area contributed by atoms with Gasteiger partial charge in [-0.1, -0.05) is 68.5 Å². The average molecular weight is 593 g/mol. The number of benzene rings is 3. The highest BCUT2D eigenvalue weighted by Gasteiger charge is 2.48. The first-order chi connectivity index (χ1) is 20.9. The molecule has 0 bridgehead atoms. The zero-order valence-corrected chi connectivity index (χ0v) is 26.5. The van der Waals surface area contributed by atoms with E-state index in [0.717, 1.165) is 51.4 Å². The third-order valence-corrected chi connectivity index (χ3v) is 12.0. The van der Waals surface area contributed by atoms with E-state index in [4.69, 9.17) is 0 Å². The van der Waals surface area contributed by atoms with Crippen LogP contribution in [0.1, 0.15) is 95.2 Å². The molecule has 3 aromatic rings. The minimum atomic E-state index is -0.796. The second-order valence-corrected chi connectivity index (χ2v) is 14.7. The highest BCUT2D eigenvalue weighted by molar-refractivity contribution is 5.47. The summed E-state index contributed by atoms with van der Waals surface area (Å²) in [5.74, 6) is 2.09. The molecule has 4 N–H and O–H groups in total. The summed E-state index contributed by atoms with van der Waals surface area (Å²) in [6.45, 7) is 6.87. The van der Waals surface area contributed by atoms with Crippen LogP contribution >= 0.6 is 0 Å². The van der Waals surface area contributed by atoms with Gasteiger partial charge in [-0.05, 0) is 141 Å². The van der Waals surface area contributed by atoms with E-state index in [1.807, 2.05) is 25.1 Å². The smallest absolute Gasteiger partial charge is 0.115 e. The summed E-state index contributed by atoms with van der Waals surface area (Å²) in [5, 5.41) is 40.6. The van der Waals surface area contributed by atoms with E-state index in [-0.39, 0.29) is 27.7 Å². The number of hydrogen-bond donors (Lipinski definition) is 4. The molecule has 232 valence electrons. The van der Waals surface area contributed by atoms with Crippen LogP contribution in [0.3, 0.4) is 0 Å². The maximum Gasteiger partial charge on any atom is 0.115 e. The number of hydrogen-bond acceptors (Lipinski definition) is 4. The zero-order chi connectivity index (χ0) is 31.2. The lowest BCUT2D eigenvalue weighted by atomic mass is 9.53. The lowest BCUT2D eigenvalue weighted by Crippen LogP contribution is -2.43. The first-order valence-electron chi connectivity index (χ1n) is 16.4. The number of aliphatic hydroxyl groups is 1. The summed E-state index contributed by atoms with van der Waals surface area (Å²) < 4.78 is 0. The number of phenolic OH excluding ortho intramolecular Hbond substituents is 3. The molecule has 0 heterocycles. The van der Waals surface area contributed by atoms with Gasteiger partial charge in [-0.2, -0.15) is 0 Å². The molecule has 3 aliphatic rings. The first kappa shape index (κ1) is 30.5. The van der Waals surface area contributed by atoms with Crippen LogP contribution in [0.25, 0.3) is 0 Å². The minimum Gasteiger partial charge on any atom is -0.508 e. The Balaban J connectivity index is 1.22. The van der Waals surface area contributed by atoms with E-state index >= 15 is 0 Å². The van der Waals surface area contributed by atoms with Gasteiger partial charge in [0.25, 0.3) is 0 Å². The summed E-state index contributed by atoms with van der Waals surface area (Å²) in [7, 11) is 0. The molecule has 4 nitrogen and oxygen atoms in total. The van der Waals surface area contributed by atoms with Crippen molar-refractivity contribution in [3.63, 3.8) is 0 Å². The molecule has 0 spiro atoms. The van der Waals surface area contributed by atoms with Crippen LogP contribution in [0.2, 0.25) is 0 Å². The van der Waals surface area contributed by atoms with Gasteiger partial charge in [0.1, 0.15) is 17.2 Å². The SMILES string of the molecule is CC1(O)C=CC(C2(c3ccc(O)cc3)CCC(C(C)(C)C3CCC(c4ccc(O)cc4)(c4ccc(O)cc4)CC3)CC2)=CC1. The van der Waals surface area contributed by atoms with Gasteiger partial charge in [-0.3, -0.25) is 0 Å². The Hall–Kier alpha value is -3.50. The van der Waals surface area contributed by atoms with Crippen molar-refractivity contribution >= 4 is 0 Å². The fourth-order valence-electron chi connectivity index (χ4n) is 8.95. The second-order valence-electron chi connectivity index (χ2n) is 14.7. The summed E-state index contributed by atoms with van der Waals surface area (Å²) in [5.41, 5.74) is 4.20. The largest absolute Gasteiger partial charge is 0.508 e. The topological polar surface area (TPSA) is 80.9 Å². The maximum atomic E-state index is 10.6. The van der Waals surface area contributed by atoms with Gasteiger partial charge in [0.05, 0.1) is 5.60 Å². The molecule has 1 unspecified atom stereocenters. The lowest BCUT2D eigenvalue weighted by molar-refractivity contribution is 0.0361. The molecule has 0 saturated heterocycles. The summed E-state index contributed by atoms with van der Waals surface area (Å²) in [6.07, 6.45) is 15.7. The van der Waals surface area contributed by atoms with Crippen molar-refractivity contribution in [2.45, 2.75) is 95.0 Å². The maximum absolute atomic E-state index is 10.6. The number of rotatable bonds is 6. The Labute approximate surface area is 262 Å². The molecule has 1 atom stereocenters. The molecular formula is C40H48O4. The average Bonchev–Trinajstić information content (AvgIpc) is 3.02. The Morgan fingerprint density at radius 3 is 1.32 bits per heavy atom. The van der Waals surface area contributed by atoms with Crippen molar-refractivity contribution in [3.8, 4) is 17.2 Å². The van der Waals surface area contributed by atoms with Gasteiger partial charge >= 0.3 is 0 Å². The molecule has 0 amide bonds. The highest BCUT2D eigenvalue weighted by Crippen LogP contribution is 2.57. The fraction of sp³-hybridized carbons (Fsp3) is 0.450. The van der Waals surface area contributed by atoms with Gasteiger partial charge in [-0.15, -0.1) is 0 Å². The van der Waals surface area contributed by atoms with Crippen LogP contribution in [0.15, 0.2) is 96.6 Å². The summed E-state index contributed by atoms with van der Waals surface area (Å²) >= 11 is 0. The van der Waals surface area contributed by atoms with Gasteiger partial charge in [0, 0.05) is 10.8 Å². The molecule has 0 aromatic heterocycles. The summed E-state index contributed by atoms with van der Waals surface area (Å²) in [4.78, 5) is 0. The summed E-state index contributed by atoms with van der Waals surface area (Å²) in [6, 6.07) is 23.3. The monoisotopic (exact) mass is 592 g/mol. The predicted octanol–water partition coefficient (Wildman–Crippen LogP) is 9.07. The van der Waals surface area contributed by atoms with Crippen LogP contribution in [0, 0.1) is 17.3 Å². The zero-order valence-electron chi connectivity index (χ0n) is 26.5. The van der Waals surface area contributed by atoms with Crippen molar-refractivity contribution in [1.29, 1.82) is 0 Å². The third kappa shape index (κ3) is 5.58. The van der Waals surface area contributed by atoms with Crippen LogP contribution in [0.5, 0.6) is 17.2 Å². The van der Waals surface area contributed by atoms with Crippen molar-refractivity contribution in [2.75, 3.05) is 0 Å². The van der Waals surface area contributed by atoms with Gasteiger partial charge in [0.2, 0.25) is 0 Å². The van der Waals surface area contributed by atoms with Gasteiger partial charge in [0.15, 0.2) is 0 Å².